The van der Waals surface area contributed by atoms with Crippen molar-refractivity contribution in [3.63, 3.8) is 0 Å². The molecule has 0 heterocycles. The topological polar surface area (TPSA) is 52.5 Å². The van der Waals surface area contributed by atoms with Crippen LogP contribution in [0.15, 0.2) is 24.3 Å². The molecule has 33 heavy (non-hydrogen) atoms. The zero-order valence-corrected chi connectivity index (χ0v) is 21.2. The van der Waals surface area contributed by atoms with Gasteiger partial charge in [-0.15, -0.1) is 0 Å². The van der Waals surface area contributed by atoms with Gasteiger partial charge in [-0.25, -0.2) is 0 Å². The summed E-state index contributed by atoms with van der Waals surface area (Å²) in [5.41, 5.74) is 6.99. The molecule has 0 amide bonds. The van der Waals surface area contributed by atoms with E-state index in [9.17, 15) is 10.2 Å². The lowest BCUT2D eigenvalue weighted by Crippen LogP contribution is -2.26. The Morgan fingerprint density at radius 1 is 0.636 bits per heavy atom. The summed E-state index contributed by atoms with van der Waals surface area (Å²) < 4.78 is 0. The van der Waals surface area contributed by atoms with Crippen LogP contribution < -0.4 is 5.32 Å². The molecule has 0 aromatic heterocycles. The molecule has 0 radical (unpaired) electrons. The van der Waals surface area contributed by atoms with Crippen molar-refractivity contribution in [1.82, 2.24) is 5.32 Å². The minimum atomic E-state index is 0.213. The maximum absolute atomic E-state index is 10.8. The summed E-state index contributed by atoms with van der Waals surface area (Å²) in [5.74, 6) is 0.795. The molecule has 2 fully saturated rings. The van der Waals surface area contributed by atoms with Gasteiger partial charge in [0, 0.05) is 24.2 Å². The molecule has 2 aliphatic carbocycles. The van der Waals surface area contributed by atoms with Crippen LogP contribution in [0, 0.1) is 13.8 Å². The van der Waals surface area contributed by atoms with Gasteiger partial charge < -0.3 is 15.5 Å². The van der Waals surface area contributed by atoms with E-state index in [1.165, 1.54) is 75.3 Å². The van der Waals surface area contributed by atoms with Crippen LogP contribution in [0.4, 0.5) is 0 Å². The first-order chi connectivity index (χ1) is 15.7. The number of phenols is 2. The number of phenolic OH excluding ortho intramolecular Hbond substituents is 2. The Bertz CT molecular complexity index is 902. The van der Waals surface area contributed by atoms with Crippen LogP contribution in [0.2, 0.25) is 0 Å². The van der Waals surface area contributed by atoms with E-state index in [2.05, 4.69) is 43.4 Å². The largest absolute Gasteiger partial charge is 0.507 e. The molecule has 3 N–H and O–H groups in total. The number of benzene rings is 2. The zero-order chi connectivity index (χ0) is 23.6. The maximum atomic E-state index is 10.8. The van der Waals surface area contributed by atoms with E-state index in [4.69, 9.17) is 0 Å². The number of aromatic hydroxyl groups is 2. The van der Waals surface area contributed by atoms with Crippen LogP contribution in [0.25, 0.3) is 0 Å². The number of aryl methyl sites for hydroxylation is 2. The highest BCUT2D eigenvalue weighted by atomic mass is 16.3. The van der Waals surface area contributed by atoms with Gasteiger partial charge in [0.05, 0.1) is 0 Å². The van der Waals surface area contributed by atoms with E-state index in [0.29, 0.717) is 24.6 Å². The van der Waals surface area contributed by atoms with Crippen LogP contribution in [-0.2, 0) is 23.9 Å². The average molecular weight is 450 g/mol. The predicted octanol–water partition coefficient (Wildman–Crippen LogP) is 7.45. The summed E-state index contributed by atoms with van der Waals surface area (Å²) in [4.78, 5) is 0. The van der Waals surface area contributed by atoms with E-state index in [0.717, 1.165) is 22.3 Å². The lowest BCUT2D eigenvalue weighted by molar-refractivity contribution is 0.318. The molecular weight excluding hydrogens is 406 g/mol. The third-order valence-corrected chi connectivity index (χ3v) is 8.70. The number of rotatable bonds is 6. The molecule has 0 saturated heterocycles. The van der Waals surface area contributed by atoms with E-state index in [1.54, 1.807) is 0 Å². The van der Waals surface area contributed by atoms with Crippen LogP contribution in [0.1, 0.15) is 111 Å². The van der Waals surface area contributed by atoms with E-state index < -0.39 is 0 Å². The monoisotopic (exact) mass is 449 g/mol. The Morgan fingerprint density at radius 2 is 1.00 bits per heavy atom. The van der Waals surface area contributed by atoms with Crippen molar-refractivity contribution in [2.75, 3.05) is 0 Å². The Labute approximate surface area is 200 Å². The Hall–Kier alpha value is -2.00. The van der Waals surface area contributed by atoms with Gasteiger partial charge in [0.1, 0.15) is 11.5 Å². The van der Waals surface area contributed by atoms with Crippen LogP contribution in [-0.4, -0.2) is 10.2 Å². The third kappa shape index (κ3) is 5.09. The minimum absolute atomic E-state index is 0.213. The van der Waals surface area contributed by atoms with Crippen molar-refractivity contribution in [3.8, 4) is 11.5 Å². The van der Waals surface area contributed by atoms with Crippen LogP contribution >= 0.6 is 0 Å². The second-order valence-electron chi connectivity index (χ2n) is 11.4. The lowest BCUT2D eigenvalue weighted by atomic mass is 9.70. The molecule has 0 atom stereocenters. The fourth-order valence-corrected chi connectivity index (χ4v) is 6.25. The molecule has 2 aromatic carbocycles. The quantitative estimate of drug-likeness (QED) is 0.429. The highest BCUT2D eigenvalue weighted by Crippen LogP contribution is 2.42. The Balaban J connectivity index is 1.51. The van der Waals surface area contributed by atoms with Crippen molar-refractivity contribution in [2.45, 2.75) is 116 Å². The van der Waals surface area contributed by atoms with Gasteiger partial charge in [-0.1, -0.05) is 76.6 Å². The van der Waals surface area contributed by atoms with Gasteiger partial charge in [-0.2, -0.15) is 0 Å². The summed E-state index contributed by atoms with van der Waals surface area (Å²) in [6.07, 6.45) is 12.7. The van der Waals surface area contributed by atoms with Gasteiger partial charge in [-0.3, -0.25) is 0 Å². The van der Waals surface area contributed by atoms with Crippen molar-refractivity contribution in [2.24, 2.45) is 0 Å². The summed E-state index contributed by atoms with van der Waals surface area (Å²) in [6.45, 7) is 9.98. The Morgan fingerprint density at radius 3 is 1.36 bits per heavy atom. The van der Waals surface area contributed by atoms with Crippen molar-refractivity contribution in [3.05, 3.63) is 57.6 Å². The van der Waals surface area contributed by atoms with Gasteiger partial charge in [0.2, 0.25) is 0 Å². The molecule has 0 unspecified atom stereocenters. The SMILES string of the molecule is Cc1cc(C2(C)CCCCC2)cc(CNCc2cc(C3(C)CCCCC3)cc(C)c2O)c1O. The molecule has 0 spiro atoms. The standard InChI is InChI=1S/C30H43NO2/c1-21-15-25(29(3)11-7-5-8-12-29)17-23(27(21)32)19-31-20-24-18-26(16-22(2)28(24)33)30(4)13-9-6-10-14-30/h15-18,31-33H,5-14,19-20H2,1-4H3. The second kappa shape index (κ2) is 9.70. The van der Waals surface area contributed by atoms with E-state index in [-0.39, 0.29) is 10.8 Å². The summed E-state index contributed by atoms with van der Waals surface area (Å²) >= 11 is 0. The molecule has 0 bridgehead atoms. The number of hydrogen-bond donors (Lipinski definition) is 3. The summed E-state index contributed by atoms with van der Waals surface area (Å²) in [5, 5.41) is 25.0. The van der Waals surface area contributed by atoms with Crippen LogP contribution in [0.5, 0.6) is 11.5 Å². The molecule has 3 nitrogen and oxygen atoms in total. The first-order valence-corrected chi connectivity index (χ1v) is 13.1. The Kier molecular flexibility index (Phi) is 7.09. The van der Waals surface area contributed by atoms with Gasteiger partial charge in [0.25, 0.3) is 0 Å². The fraction of sp³-hybridized carbons (Fsp3) is 0.600. The highest BCUT2D eigenvalue weighted by molar-refractivity contribution is 5.47. The molecule has 2 saturated carbocycles. The number of nitrogens with one attached hydrogen (secondary N) is 1. The molecule has 3 heteroatoms. The summed E-state index contributed by atoms with van der Waals surface area (Å²) in [6, 6.07) is 8.80. The molecule has 0 aliphatic heterocycles. The van der Waals surface area contributed by atoms with Gasteiger partial charge in [0.15, 0.2) is 0 Å². The fourth-order valence-electron chi connectivity index (χ4n) is 6.25. The first kappa shape index (κ1) is 24.1. The lowest BCUT2D eigenvalue weighted by Gasteiger charge is -2.35. The molecular formula is C30H43NO2. The zero-order valence-electron chi connectivity index (χ0n) is 21.2. The van der Waals surface area contributed by atoms with E-state index in [1.807, 2.05) is 13.8 Å². The van der Waals surface area contributed by atoms with E-state index >= 15 is 0 Å². The molecule has 2 aromatic rings. The third-order valence-electron chi connectivity index (χ3n) is 8.70. The predicted molar refractivity (Wildman–Crippen MR) is 137 cm³/mol. The molecule has 180 valence electrons. The molecule has 2 aliphatic rings. The minimum Gasteiger partial charge on any atom is -0.507 e. The number of hydrogen-bond acceptors (Lipinski definition) is 3. The molecule has 4 rings (SSSR count). The smallest absolute Gasteiger partial charge is 0.122 e. The summed E-state index contributed by atoms with van der Waals surface area (Å²) in [7, 11) is 0. The van der Waals surface area contributed by atoms with Crippen molar-refractivity contribution in [1.29, 1.82) is 0 Å². The van der Waals surface area contributed by atoms with Crippen molar-refractivity contribution < 1.29 is 10.2 Å². The highest BCUT2D eigenvalue weighted by Gasteiger charge is 2.31. The normalized spacial score (nSPS) is 20.0. The van der Waals surface area contributed by atoms with Gasteiger partial charge in [-0.05, 0) is 72.6 Å². The van der Waals surface area contributed by atoms with Crippen LogP contribution in [0.3, 0.4) is 0 Å². The van der Waals surface area contributed by atoms with Crippen molar-refractivity contribution >= 4 is 0 Å². The van der Waals surface area contributed by atoms with Gasteiger partial charge >= 0.3 is 0 Å². The maximum Gasteiger partial charge on any atom is 0.122 e. The second-order valence-corrected chi connectivity index (χ2v) is 11.4. The average Bonchev–Trinajstić information content (AvgIpc) is 2.80. The first-order valence-electron chi connectivity index (χ1n) is 13.1.